The second-order valence-corrected chi connectivity index (χ2v) is 11.4. The molecule has 10 heteroatoms. The molecule has 4 aliphatic heterocycles. The Morgan fingerprint density at radius 3 is 2.27 bits per heavy atom. The molecule has 4 aliphatic rings. The zero-order valence-electron chi connectivity index (χ0n) is 22.9. The van der Waals surface area contributed by atoms with Gasteiger partial charge in [0.2, 0.25) is 0 Å². The Morgan fingerprint density at radius 2 is 1.55 bits per heavy atom. The van der Waals surface area contributed by atoms with Crippen LogP contribution in [0.15, 0.2) is 42.5 Å². The van der Waals surface area contributed by atoms with E-state index in [0.717, 1.165) is 37.2 Å². The predicted octanol–water partition coefficient (Wildman–Crippen LogP) is 4.81. The highest BCUT2D eigenvalue weighted by Gasteiger charge is 2.36. The molecule has 2 aromatic rings. The molecule has 0 bridgehead atoms. The van der Waals surface area contributed by atoms with Gasteiger partial charge in [-0.1, -0.05) is 24.6 Å². The number of carbonyl (C=O) groups is 2. The number of para-hydroxylation sites is 1. The number of ether oxygens (including phenoxy) is 1. The van der Waals surface area contributed by atoms with Crippen molar-refractivity contribution in [1.29, 1.82) is 0 Å². The number of hydrogen-bond acceptors (Lipinski definition) is 7. The highest BCUT2D eigenvalue weighted by molar-refractivity contribution is 5.96. The molecule has 3 saturated heterocycles. The van der Waals surface area contributed by atoms with E-state index in [-0.39, 0.29) is 35.3 Å². The molecule has 0 N–H and O–H groups in total. The smallest absolute Gasteiger partial charge is 0.414 e. The van der Waals surface area contributed by atoms with E-state index >= 15 is 0 Å². The molecule has 40 heavy (non-hydrogen) atoms. The van der Waals surface area contributed by atoms with Crippen molar-refractivity contribution < 1.29 is 19.2 Å². The number of anilines is 2. The lowest BCUT2D eigenvalue weighted by Crippen LogP contribution is -2.49. The molecule has 0 aliphatic carbocycles. The van der Waals surface area contributed by atoms with Gasteiger partial charge in [0.1, 0.15) is 12.3 Å². The maximum absolute atomic E-state index is 13.3. The standard InChI is InChI=1S/C30H37N5O5/c36-29(33-18-10-24(11-19-33)31-14-4-1-5-15-31)22-8-9-27(28(20-22)35(38)39)32-16-12-25(13-17-32)34-26-7-3-2-6-23(26)21-40-30(34)37/h2-3,6-9,20,24-25H,1,4-5,10-19,21H2. The fourth-order valence-corrected chi connectivity index (χ4v) is 6.86. The van der Waals surface area contributed by atoms with Gasteiger partial charge in [0.05, 0.1) is 10.6 Å². The minimum atomic E-state index is -0.390. The summed E-state index contributed by atoms with van der Waals surface area (Å²) in [4.78, 5) is 45.8. The van der Waals surface area contributed by atoms with Gasteiger partial charge in [0.15, 0.2) is 0 Å². The monoisotopic (exact) mass is 547 g/mol. The number of amides is 2. The molecule has 0 atom stereocenters. The Morgan fingerprint density at radius 1 is 0.850 bits per heavy atom. The molecule has 0 radical (unpaired) electrons. The summed E-state index contributed by atoms with van der Waals surface area (Å²) in [7, 11) is 0. The first kappa shape index (κ1) is 26.6. The topological polar surface area (TPSA) is 99.5 Å². The predicted molar refractivity (Wildman–Crippen MR) is 152 cm³/mol. The fraction of sp³-hybridized carbons (Fsp3) is 0.533. The molecule has 0 spiro atoms. The summed E-state index contributed by atoms with van der Waals surface area (Å²) >= 11 is 0. The van der Waals surface area contributed by atoms with Crippen LogP contribution in [-0.4, -0.2) is 78.1 Å². The van der Waals surface area contributed by atoms with Crippen LogP contribution in [0.5, 0.6) is 0 Å². The van der Waals surface area contributed by atoms with Crippen LogP contribution < -0.4 is 9.80 Å². The van der Waals surface area contributed by atoms with E-state index in [1.807, 2.05) is 34.1 Å². The van der Waals surface area contributed by atoms with Gasteiger partial charge in [0, 0.05) is 55.5 Å². The van der Waals surface area contributed by atoms with Crippen LogP contribution in [-0.2, 0) is 11.3 Å². The highest BCUT2D eigenvalue weighted by atomic mass is 16.6. The largest absolute Gasteiger partial charge is 0.444 e. The van der Waals surface area contributed by atoms with Crippen molar-refractivity contribution in [3.63, 3.8) is 0 Å². The second-order valence-electron chi connectivity index (χ2n) is 11.4. The van der Waals surface area contributed by atoms with E-state index in [1.165, 1.54) is 25.3 Å². The third kappa shape index (κ3) is 5.24. The van der Waals surface area contributed by atoms with Gasteiger partial charge < -0.3 is 19.4 Å². The van der Waals surface area contributed by atoms with E-state index in [4.69, 9.17) is 4.74 Å². The summed E-state index contributed by atoms with van der Waals surface area (Å²) in [5, 5.41) is 12.1. The molecule has 212 valence electrons. The molecule has 2 aromatic carbocycles. The van der Waals surface area contributed by atoms with Gasteiger partial charge in [-0.05, 0) is 69.8 Å². The number of nitro benzene ring substituents is 1. The van der Waals surface area contributed by atoms with E-state index in [0.29, 0.717) is 56.3 Å². The Labute approximate surface area is 234 Å². The summed E-state index contributed by atoms with van der Waals surface area (Å²) in [5.41, 5.74) is 2.71. The number of benzene rings is 2. The van der Waals surface area contributed by atoms with Crippen LogP contribution in [0.1, 0.15) is 60.9 Å². The normalized spacial score (nSPS) is 21.2. The van der Waals surface area contributed by atoms with Crippen molar-refractivity contribution in [2.75, 3.05) is 49.1 Å². The van der Waals surface area contributed by atoms with Crippen LogP contribution in [0.4, 0.5) is 21.9 Å². The fourth-order valence-electron chi connectivity index (χ4n) is 6.86. The number of cyclic esters (lactones) is 1. The highest BCUT2D eigenvalue weighted by Crippen LogP contribution is 2.36. The Kier molecular flexibility index (Phi) is 7.60. The first-order valence-corrected chi connectivity index (χ1v) is 14.6. The molecular formula is C30H37N5O5. The molecule has 0 aromatic heterocycles. The average Bonchev–Trinajstić information content (AvgIpc) is 3.01. The molecular weight excluding hydrogens is 510 g/mol. The summed E-state index contributed by atoms with van der Waals surface area (Å²) in [6.07, 6.45) is 6.71. The first-order valence-electron chi connectivity index (χ1n) is 14.6. The number of likely N-dealkylation sites (tertiary alicyclic amines) is 2. The quantitative estimate of drug-likeness (QED) is 0.391. The van der Waals surface area contributed by atoms with Gasteiger partial charge in [-0.2, -0.15) is 0 Å². The van der Waals surface area contributed by atoms with Crippen LogP contribution in [0, 0.1) is 10.1 Å². The number of hydrogen-bond donors (Lipinski definition) is 0. The molecule has 10 nitrogen and oxygen atoms in total. The number of piperidine rings is 3. The van der Waals surface area contributed by atoms with Gasteiger partial charge in [-0.25, -0.2) is 4.79 Å². The molecule has 3 fully saturated rings. The van der Waals surface area contributed by atoms with Crippen molar-refractivity contribution in [2.45, 2.75) is 63.6 Å². The van der Waals surface area contributed by atoms with Gasteiger partial charge in [-0.15, -0.1) is 0 Å². The summed E-state index contributed by atoms with van der Waals surface area (Å²) in [6.45, 7) is 5.08. The molecule has 2 amide bonds. The molecule has 6 rings (SSSR count). The minimum Gasteiger partial charge on any atom is -0.444 e. The van der Waals surface area contributed by atoms with E-state index < -0.39 is 0 Å². The maximum atomic E-state index is 13.3. The van der Waals surface area contributed by atoms with Crippen LogP contribution in [0.2, 0.25) is 0 Å². The summed E-state index contributed by atoms with van der Waals surface area (Å²) < 4.78 is 5.40. The van der Waals surface area contributed by atoms with E-state index in [9.17, 15) is 19.7 Å². The summed E-state index contributed by atoms with van der Waals surface area (Å²) in [6, 6.07) is 13.1. The van der Waals surface area contributed by atoms with E-state index in [2.05, 4.69) is 4.90 Å². The second kappa shape index (κ2) is 11.4. The Balaban J connectivity index is 1.11. The zero-order valence-corrected chi connectivity index (χ0v) is 22.9. The maximum Gasteiger partial charge on any atom is 0.414 e. The average molecular weight is 548 g/mol. The van der Waals surface area contributed by atoms with Crippen molar-refractivity contribution >= 4 is 29.1 Å². The van der Waals surface area contributed by atoms with Crippen LogP contribution >= 0.6 is 0 Å². The molecule has 0 saturated carbocycles. The number of fused-ring (bicyclic) bond motifs is 1. The summed E-state index contributed by atoms with van der Waals surface area (Å²) in [5.74, 6) is -0.132. The third-order valence-electron chi connectivity index (χ3n) is 9.05. The number of carbonyl (C=O) groups excluding carboxylic acids is 2. The lowest BCUT2D eigenvalue weighted by molar-refractivity contribution is -0.384. The van der Waals surface area contributed by atoms with Gasteiger partial charge in [-0.3, -0.25) is 19.8 Å². The molecule has 4 heterocycles. The van der Waals surface area contributed by atoms with Gasteiger partial charge >= 0.3 is 6.09 Å². The van der Waals surface area contributed by atoms with Crippen LogP contribution in [0.3, 0.4) is 0 Å². The number of nitro groups is 1. The Bertz CT molecular complexity index is 1260. The van der Waals surface area contributed by atoms with Crippen molar-refractivity contribution in [2.24, 2.45) is 0 Å². The lowest BCUT2D eigenvalue weighted by atomic mass is 9.98. The minimum absolute atomic E-state index is 0.0435. The van der Waals surface area contributed by atoms with Crippen molar-refractivity contribution in [3.8, 4) is 0 Å². The van der Waals surface area contributed by atoms with E-state index in [1.54, 1.807) is 17.0 Å². The SMILES string of the molecule is O=C(c1ccc(N2CCC(N3C(=O)OCc4ccccc43)CC2)c([N+](=O)[O-])c1)N1CCC(N2CCCCC2)CC1. The molecule has 0 unspecified atom stereocenters. The number of rotatable bonds is 5. The van der Waals surface area contributed by atoms with Crippen molar-refractivity contribution in [3.05, 3.63) is 63.7 Å². The Hall–Kier alpha value is -3.66. The zero-order chi connectivity index (χ0) is 27.6. The lowest BCUT2D eigenvalue weighted by Gasteiger charge is -2.41. The third-order valence-corrected chi connectivity index (χ3v) is 9.05. The number of nitrogens with zero attached hydrogens (tertiary/aromatic N) is 5. The van der Waals surface area contributed by atoms with Crippen molar-refractivity contribution in [1.82, 2.24) is 9.80 Å². The van der Waals surface area contributed by atoms with Gasteiger partial charge in [0.25, 0.3) is 11.6 Å². The first-order chi connectivity index (χ1) is 19.5. The van der Waals surface area contributed by atoms with Crippen LogP contribution in [0.25, 0.3) is 0 Å².